The maximum atomic E-state index is 9.42. The minimum atomic E-state index is -4.09. The Kier molecular flexibility index (Phi) is 7.59. The lowest BCUT2D eigenvalue weighted by Crippen LogP contribution is -2.38. The summed E-state index contributed by atoms with van der Waals surface area (Å²) in [6.07, 6.45) is -26.7. The number of hydrogen-bond donors (Lipinski definition) is 3. The van der Waals surface area contributed by atoms with Crippen molar-refractivity contribution < 1.29 is 65.9 Å². The Labute approximate surface area is 560 Å². The lowest BCUT2D eigenvalue weighted by molar-refractivity contribution is 0.211. The fourth-order valence-corrected chi connectivity index (χ4v) is 9.07. The van der Waals surface area contributed by atoms with Gasteiger partial charge in [0.1, 0.15) is 55.0 Å². The molecule has 3 fully saturated rings. The fourth-order valence-electron chi connectivity index (χ4n) is 6.02. The zero-order valence-corrected chi connectivity index (χ0v) is 44.8. The second-order valence-electron chi connectivity index (χ2n) is 14.9. The first-order valence-corrected chi connectivity index (χ1v) is 25.5. The number of nitriles is 2. The van der Waals surface area contributed by atoms with E-state index in [-0.39, 0.29) is 65.1 Å². The Bertz CT molecular complexity index is 6030. The van der Waals surface area contributed by atoms with Crippen LogP contribution in [0, 0.1) is 36.5 Å². The number of nitrogens with one attached hydrogen (secondary N) is 3. The Hall–Kier alpha value is -5.80. The number of benzene rings is 3. The number of hydrogen-bond acceptors (Lipinski definition) is 17. The first kappa shape index (κ1) is 22.5. The predicted octanol–water partition coefficient (Wildman–Crippen LogP) is 14.3. The Morgan fingerprint density at radius 3 is 1.42 bits per heavy atom. The van der Waals surface area contributed by atoms with Crippen LogP contribution in [0.4, 0.5) is 17.5 Å². The molecule has 3 aliphatic heterocycles. The molecule has 14 nitrogen and oxygen atoms in total. The van der Waals surface area contributed by atoms with Crippen LogP contribution in [-0.2, 0) is 19.5 Å². The molecule has 0 amide bonds. The van der Waals surface area contributed by atoms with Crippen molar-refractivity contribution in [3.05, 3.63) is 155 Å². The number of thiophene rings is 3. The van der Waals surface area contributed by atoms with Gasteiger partial charge in [-0.3, -0.25) is 14.7 Å². The van der Waals surface area contributed by atoms with Crippen molar-refractivity contribution in [1.29, 1.82) is 10.5 Å². The van der Waals surface area contributed by atoms with Gasteiger partial charge < -0.3 is 15.9 Å². The van der Waals surface area contributed by atoms with E-state index in [1.54, 1.807) is 6.07 Å². The van der Waals surface area contributed by atoms with E-state index in [1.165, 1.54) is 19.9 Å². The van der Waals surface area contributed by atoms with Gasteiger partial charge in [-0.1, -0.05) is 82.7 Å². The van der Waals surface area contributed by atoms with Crippen LogP contribution in [0.25, 0.3) is 30.6 Å². The van der Waals surface area contributed by atoms with Gasteiger partial charge >= 0.3 is 0 Å². The van der Waals surface area contributed by atoms with E-state index >= 15 is 0 Å². The fraction of sp³-hybridized carbons (Fsp3) is 0.345. The number of fused-ring (bicyclic) bond motifs is 3. The zero-order chi connectivity index (χ0) is 97.5. The average molecular weight is 1240 g/mol. The molecule has 0 unspecified atom stereocenters. The Morgan fingerprint density at radius 2 is 0.987 bits per heavy atom. The van der Waals surface area contributed by atoms with Crippen LogP contribution in [0.3, 0.4) is 0 Å². The van der Waals surface area contributed by atoms with Gasteiger partial charge in [0.15, 0.2) is 4.24 Å². The number of rotatable bonds is 12. The second-order valence-corrected chi connectivity index (χ2v) is 20.1. The summed E-state index contributed by atoms with van der Waals surface area (Å²) in [6, 6.07) is -11.6. The van der Waals surface area contributed by atoms with E-state index in [2.05, 4.69) is 29.9 Å². The quantitative estimate of drug-likeness (QED) is 0.106. The van der Waals surface area contributed by atoms with E-state index in [1.807, 2.05) is 0 Å². The number of aryl methyl sites for hydroxylation is 2. The molecule has 0 saturated carbocycles. The van der Waals surface area contributed by atoms with Gasteiger partial charge in [-0.15, -0.1) is 34.0 Å². The molecule has 406 valence electrons. The summed E-state index contributed by atoms with van der Waals surface area (Å²) in [5.41, 5.74) is -3.44. The molecule has 21 heteroatoms. The molecule has 0 radical (unpaired) electrons. The van der Waals surface area contributed by atoms with E-state index in [4.69, 9.17) is 112 Å². The molecular formula is C58H58Cl4N14S3. The Morgan fingerprint density at radius 1 is 0.582 bits per heavy atom. The van der Waals surface area contributed by atoms with Gasteiger partial charge in [-0.2, -0.15) is 10.5 Å². The highest BCUT2D eigenvalue weighted by atomic mass is 35.5. The van der Waals surface area contributed by atoms with Gasteiger partial charge in [0.25, 0.3) is 0 Å². The van der Waals surface area contributed by atoms with Crippen molar-refractivity contribution in [1.82, 2.24) is 44.6 Å². The predicted molar refractivity (Wildman–Crippen MR) is 326 cm³/mol. The largest absolute Gasteiger partial charge is 0.367 e. The molecule has 0 bridgehead atoms. The third-order valence-electron chi connectivity index (χ3n) is 9.60. The molecule has 9 aromatic rings. The third-order valence-corrected chi connectivity index (χ3v) is 13.3. The summed E-state index contributed by atoms with van der Waals surface area (Å²) in [6.45, 7) is -32.1. The first-order chi connectivity index (χ1) is 57.1. The standard InChI is InChI=1S/C20H20ClN5S.C19H20Cl2N4S.C19H18ClN5S/c1-13-2-3-14(8-15(13)10-22)11-26-6-4-16(5-7-26)25-19-17-9-18(21)27-20(17)24-12-23-19;1-12-2-3-13(8-16(12)20)10-25-6-4-14(5-7-25)24-18-15-9-17(21)26-19(15)23-11-22-18;20-17-9-16-18(22-12-23-19(16)26-17)24-15-4-6-25(7-5-15)11-14-3-1-2-13(8-14)10-21/h2-3,8-9,12,16H,4-7,11H2,1H3,(H,23,24,25);2-3,8-9,11,14H,4-7,10H2,1H3,(H,22,23,24);1-3,8-9,12,15H,4-7,11H2,(H,22,23,24)/i3D,4D2,5D2,6D2,7D2,9D,11D2,12D,16D;3D,4D2,5D2,6D2,7D2,8D,9D,10D2,11D,14D;2D,3D,4D2,5D2,6D2,7D2,8D,9D,11D2,12D,15D/hD3. The zero-order valence-electron chi connectivity index (χ0n) is 87.3. The van der Waals surface area contributed by atoms with Crippen LogP contribution in [0.5, 0.6) is 0 Å². The number of anilines is 3. The van der Waals surface area contributed by atoms with Crippen molar-refractivity contribution in [2.45, 2.75) is 89.6 Å². The number of halogens is 4. The molecule has 79 heavy (non-hydrogen) atoms. The van der Waals surface area contributed by atoms with Crippen LogP contribution in [-0.4, -0.2) is 102 Å². The van der Waals surface area contributed by atoms with Gasteiger partial charge in [0.2, 0.25) is 0 Å². The number of likely N-dealkylation sites (tertiary alicyclic amines) is 3. The van der Waals surface area contributed by atoms with Crippen molar-refractivity contribution in [2.24, 2.45) is 0 Å². The smallest absolute Gasteiger partial charge is 0.162 e. The number of aromatic nitrogens is 6. The summed E-state index contributed by atoms with van der Waals surface area (Å²) in [5.74, 6) is -2.74. The molecule has 3 aliphatic rings. The average Bonchev–Trinajstić information content (AvgIpc) is 1.03. The molecule has 0 aliphatic carbocycles. The minimum absolute atomic E-state index is 0.152. The summed E-state index contributed by atoms with van der Waals surface area (Å²) >= 11 is 26.1. The highest BCUT2D eigenvalue weighted by Gasteiger charge is 2.24. The summed E-state index contributed by atoms with van der Waals surface area (Å²) in [5, 5.41) is 16.3. The van der Waals surface area contributed by atoms with Gasteiger partial charge in [-0.25, -0.2) is 29.9 Å². The first-order valence-electron chi connectivity index (χ1n) is 45.4. The van der Waals surface area contributed by atoms with Crippen LogP contribution >= 0.6 is 80.4 Å². The number of piperidine rings is 3. The maximum absolute atomic E-state index is 9.42. The highest BCUT2D eigenvalue weighted by molar-refractivity contribution is 7.23. The SMILES string of the molecule is [2H]c1nc(N([2H])C2([2H])C([2H])([2H])C([2H])([2H])N(C([2H])([2H])c3c([2H])cc(C)c(Cl)c3[2H])C([2H])([2H])C2([2H])[2H])c2c([2H])c(Cl)sc2n1.[2H]c1nc(N([2H])C2([2H])C([2H])([2H])C([2H])([2H])N(C([2H])([2H])c3c([2H])cc([2H])c(C#N)c3[2H])C([2H])([2H])C2([2H])[2H])c2c([2H])c(Cl)sc2n1.[2H]c1nc(N([2H])C2([2H])C([2H])([2H])C([2H])([2H])N(C([2H])([2H])c3cc(C#N)c(C)cc3[2H])C([2H])([2H])C2([2H])[2H])c2c([2H])c(Cl)sc2n1. The van der Waals surface area contributed by atoms with Crippen molar-refractivity contribution in [3.8, 4) is 12.1 Å². The minimum Gasteiger partial charge on any atom is -0.367 e. The Balaban J connectivity index is 0.000000199. The van der Waals surface area contributed by atoms with E-state index in [0.717, 1.165) is 18.2 Å². The molecular weight excluding hydrogens is 1130 g/mol. The van der Waals surface area contributed by atoms with Crippen LogP contribution < -0.4 is 15.9 Å². The van der Waals surface area contributed by atoms with Crippen LogP contribution in [0.15, 0.2) is 97.6 Å². The van der Waals surface area contributed by atoms with Crippen LogP contribution in [0.1, 0.15) is 139 Å². The van der Waals surface area contributed by atoms with E-state index in [0.29, 0.717) is 40.1 Å². The van der Waals surface area contributed by atoms with Crippen LogP contribution in [0.2, 0.25) is 22.3 Å². The maximum Gasteiger partial charge on any atom is 0.162 e. The second kappa shape index (κ2) is 26.6. The molecule has 12 rings (SSSR count). The van der Waals surface area contributed by atoms with Gasteiger partial charge in [0.05, 0.1) is 68.9 Å². The summed E-state index contributed by atoms with van der Waals surface area (Å²) in [4.78, 5) is 20.3. The molecule has 3 aromatic carbocycles. The van der Waals surface area contributed by atoms with Gasteiger partial charge in [-0.05, 0) is 122 Å². The molecule has 0 spiro atoms. The van der Waals surface area contributed by atoms with Crippen molar-refractivity contribution in [3.63, 3.8) is 0 Å². The normalized spacial score (nSPS) is 34.2. The summed E-state index contributed by atoms with van der Waals surface area (Å²) in [7, 11) is 0. The number of nitrogens with zero attached hydrogens (tertiary/aromatic N) is 11. The monoisotopic (exact) mass is 1230 g/mol. The van der Waals surface area contributed by atoms with Crippen molar-refractivity contribution in [2.75, 3.05) is 54.9 Å². The summed E-state index contributed by atoms with van der Waals surface area (Å²) < 4.78 is 411. The third kappa shape index (κ3) is 15.0. The molecule has 3 saturated heterocycles. The lowest BCUT2D eigenvalue weighted by Gasteiger charge is -2.32. The van der Waals surface area contributed by atoms with Gasteiger partial charge in [0, 0.05) is 123 Å². The molecule has 0 atom stereocenters. The highest BCUT2D eigenvalue weighted by Crippen LogP contribution is 2.35. The molecule has 9 heterocycles. The van der Waals surface area contributed by atoms with Crippen molar-refractivity contribution >= 4 is 129 Å². The lowest BCUT2D eigenvalue weighted by atomic mass is 10.0. The van der Waals surface area contributed by atoms with E-state index in [9.17, 15) is 10.5 Å². The van der Waals surface area contributed by atoms with E-state index < -0.39 is 259 Å². The molecule has 3 N–H and O–H groups in total. The molecule has 6 aromatic heterocycles. The topological polar surface area (TPSA) is 171 Å².